The zero-order valence-electron chi connectivity index (χ0n) is 18.5. The summed E-state index contributed by atoms with van der Waals surface area (Å²) < 4.78 is 46.1. The molecule has 0 aliphatic rings. The van der Waals surface area contributed by atoms with Gasteiger partial charge in [-0.2, -0.15) is 22.8 Å². The van der Waals surface area contributed by atoms with Gasteiger partial charge in [0.2, 0.25) is 0 Å². The summed E-state index contributed by atoms with van der Waals surface area (Å²) in [7, 11) is 0. The minimum atomic E-state index is -4.59. The summed E-state index contributed by atoms with van der Waals surface area (Å²) >= 11 is 0. The predicted octanol–water partition coefficient (Wildman–Crippen LogP) is 4.89. The van der Waals surface area contributed by atoms with Crippen LogP contribution < -0.4 is 10.1 Å². The highest BCUT2D eigenvalue weighted by Crippen LogP contribution is 2.35. The Balaban J connectivity index is 1.33. The van der Waals surface area contributed by atoms with E-state index in [1.165, 1.54) is 18.2 Å². The van der Waals surface area contributed by atoms with E-state index in [0.717, 1.165) is 11.6 Å². The van der Waals surface area contributed by atoms with Crippen LogP contribution in [0.3, 0.4) is 0 Å². The van der Waals surface area contributed by atoms with E-state index < -0.39 is 30.0 Å². The van der Waals surface area contributed by atoms with Crippen molar-refractivity contribution in [2.45, 2.75) is 6.18 Å². The van der Waals surface area contributed by atoms with E-state index in [1.807, 2.05) is 12.1 Å². The number of amides is 1. The van der Waals surface area contributed by atoms with Gasteiger partial charge in [-0.1, -0.05) is 24.3 Å². The lowest BCUT2D eigenvalue weighted by molar-refractivity contribution is -0.139. The third-order valence-corrected chi connectivity index (χ3v) is 5.18. The molecule has 0 fully saturated rings. The van der Waals surface area contributed by atoms with E-state index in [0.29, 0.717) is 28.4 Å². The van der Waals surface area contributed by atoms with Crippen LogP contribution in [0.25, 0.3) is 28.3 Å². The molecule has 3 heterocycles. The third-order valence-electron chi connectivity index (χ3n) is 5.18. The quantitative estimate of drug-likeness (QED) is 0.364. The first-order chi connectivity index (χ1) is 17.4. The van der Waals surface area contributed by atoms with Crippen LogP contribution in [0.2, 0.25) is 0 Å². The van der Waals surface area contributed by atoms with Crippen LogP contribution in [0.5, 0.6) is 5.75 Å². The minimum Gasteiger partial charge on any atom is -0.483 e. The molecule has 0 aliphatic carbocycles. The summed E-state index contributed by atoms with van der Waals surface area (Å²) in [5.41, 5.74) is 2.09. The standard InChI is InChI=1S/C25H17F3N6O2/c26-25(27,28)19-8-1-2-9-21(19)36-15-23(35)30-18-7-3-5-16(13-18)20-10-11-22-31-32-24(34(22)33-20)17-6-4-12-29-14-17/h1-14H,15H2,(H,30,35). The molecule has 0 saturated heterocycles. The Bertz CT molecular complexity index is 1540. The lowest BCUT2D eigenvalue weighted by atomic mass is 10.1. The van der Waals surface area contributed by atoms with Gasteiger partial charge in [0.15, 0.2) is 18.1 Å². The number of rotatable bonds is 6. The number of nitrogens with zero attached hydrogens (tertiary/aromatic N) is 5. The summed E-state index contributed by atoms with van der Waals surface area (Å²) in [6.45, 7) is -0.587. The lowest BCUT2D eigenvalue weighted by Crippen LogP contribution is -2.21. The Labute approximate surface area is 202 Å². The molecular formula is C25H17F3N6O2. The van der Waals surface area contributed by atoms with Gasteiger partial charge in [-0.05, 0) is 48.5 Å². The molecule has 3 aromatic heterocycles. The molecule has 8 nitrogen and oxygen atoms in total. The number of aromatic nitrogens is 5. The van der Waals surface area contributed by atoms with Crippen molar-refractivity contribution in [1.29, 1.82) is 0 Å². The number of carbonyl (C=O) groups excluding carboxylic acids is 1. The van der Waals surface area contributed by atoms with Crippen molar-refractivity contribution in [3.8, 4) is 28.4 Å². The summed E-state index contributed by atoms with van der Waals surface area (Å²) in [4.78, 5) is 16.5. The molecule has 5 rings (SSSR count). The number of benzene rings is 2. The summed E-state index contributed by atoms with van der Waals surface area (Å²) in [5.74, 6) is -0.490. The second-order valence-electron chi connectivity index (χ2n) is 7.67. The van der Waals surface area contributed by atoms with Gasteiger partial charge >= 0.3 is 6.18 Å². The fourth-order valence-electron chi connectivity index (χ4n) is 3.54. The van der Waals surface area contributed by atoms with E-state index in [9.17, 15) is 18.0 Å². The largest absolute Gasteiger partial charge is 0.483 e. The van der Waals surface area contributed by atoms with Gasteiger partial charge in [0, 0.05) is 29.2 Å². The SMILES string of the molecule is O=C(COc1ccccc1C(F)(F)F)Nc1cccc(-c2ccc3nnc(-c4cccnc4)n3n2)c1. The lowest BCUT2D eigenvalue weighted by Gasteiger charge is -2.13. The first-order valence-electron chi connectivity index (χ1n) is 10.7. The van der Waals surface area contributed by atoms with E-state index in [1.54, 1.807) is 53.3 Å². The van der Waals surface area contributed by atoms with Crippen molar-refractivity contribution >= 4 is 17.2 Å². The van der Waals surface area contributed by atoms with Gasteiger partial charge in [0.05, 0.1) is 11.3 Å². The number of anilines is 1. The topological polar surface area (TPSA) is 94.3 Å². The number of fused-ring (bicyclic) bond motifs is 1. The summed E-state index contributed by atoms with van der Waals surface area (Å²) in [6.07, 6.45) is -1.27. The Morgan fingerprint density at radius 2 is 1.78 bits per heavy atom. The van der Waals surface area contributed by atoms with Gasteiger partial charge in [-0.25, -0.2) is 0 Å². The molecule has 2 aromatic carbocycles. The number of para-hydroxylation sites is 1. The van der Waals surface area contributed by atoms with E-state index in [2.05, 4.69) is 25.6 Å². The van der Waals surface area contributed by atoms with E-state index in [4.69, 9.17) is 4.74 Å². The number of halogens is 3. The van der Waals surface area contributed by atoms with Crippen LogP contribution in [-0.4, -0.2) is 37.3 Å². The van der Waals surface area contributed by atoms with Crippen LogP contribution in [0.4, 0.5) is 18.9 Å². The Kier molecular flexibility index (Phi) is 6.03. The van der Waals surface area contributed by atoms with Gasteiger partial charge < -0.3 is 10.1 Å². The number of alkyl halides is 3. The zero-order chi connectivity index (χ0) is 25.1. The zero-order valence-corrected chi connectivity index (χ0v) is 18.5. The van der Waals surface area contributed by atoms with Crippen molar-refractivity contribution in [3.05, 3.63) is 90.8 Å². The second-order valence-corrected chi connectivity index (χ2v) is 7.67. The normalized spacial score (nSPS) is 11.4. The molecule has 0 unspecified atom stereocenters. The summed E-state index contributed by atoms with van der Waals surface area (Å²) in [5, 5.41) is 15.6. The van der Waals surface area contributed by atoms with Gasteiger partial charge in [0.25, 0.3) is 5.91 Å². The molecule has 36 heavy (non-hydrogen) atoms. The number of carbonyl (C=O) groups is 1. The van der Waals surface area contributed by atoms with Crippen molar-refractivity contribution < 1.29 is 22.7 Å². The van der Waals surface area contributed by atoms with Crippen LogP contribution in [0.1, 0.15) is 5.56 Å². The predicted molar refractivity (Wildman–Crippen MR) is 125 cm³/mol. The summed E-state index contributed by atoms with van der Waals surface area (Å²) in [6, 6.07) is 18.8. The highest BCUT2D eigenvalue weighted by Gasteiger charge is 2.34. The van der Waals surface area contributed by atoms with E-state index >= 15 is 0 Å². The molecular weight excluding hydrogens is 473 g/mol. The van der Waals surface area contributed by atoms with Gasteiger partial charge in [-0.15, -0.1) is 10.2 Å². The highest BCUT2D eigenvalue weighted by atomic mass is 19.4. The maximum Gasteiger partial charge on any atom is 0.419 e. The maximum absolute atomic E-state index is 13.1. The Morgan fingerprint density at radius 3 is 2.58 bits per heavy atom. The fourth-order valence-corrected chi connectivity index (χ4v) is 3.54. The molecule has 5 aromatic rings. The number of hydrogen-bond acceptors (Lipinski definition) is 6. The van der Waals surface area contributed by atoms with Crippen LogP contribution in [0.15, 0.2) is 85.2 Å². The molecule has 0 saturated carbocycles. The van der Waals surface area contributed by atoms with Crippen molar-refractivity contribution in [1.82, 2.24) is 24.8 Å². The monoisotopic (exact) mass is 490 g/mol. The third kappa shape index (κ3) is 4.85. The van der Waals surface area contributed by atoms with E-state index in [-0.39, 0.29) is 0 Å². The maximum atomic E-state index is 13.1. The molecule has 1 amide bonds. The molecule has 0 radical (unpaired) electrons. The highest BCUT2D eigenvalue weighted by molar-refractivity contribution is 5.92. The van der Waals surface area contributed by atoms with Crippen molar-refractivity contribution in [2.24, 2.45) is 0 Å². The Hall–Kier alpha value is -4.80. The average molecular weight is 490 g/mol. The van der Waals surface area contributed by atoms with Crippen LogP contribution >= 0.6 is 0 Å². The molecule has 0 bridgehead atoms. The molecule has 1 N–H and O–H groups in total. The Morgan fingerprint density at radius 1 is 0.944 bits per heavy atom. The van der Waals surface area contributed by atoms with Crippen LogP contribution in [0, 0.1) is 0 Å². The molecule has 180 valence electrons. The first-order valence-corrected chi connectivity index (χ1v) is 10.7. The minimum absolute atomic E-state index is 0.412. The second kappa shape index (κ2) is 9.45. The van der Waals surface area contributed by atoms with Gasteiger partial charge in [-0.3, -0.25) is 9.78 Å². The van der Waals surface area contributed by atoms with Crippen molar-refractivity contribution in [3.63, 3.8) is 0 Å². The van der Waals surface area contributed by atoms with Gasteiger partial charge in [0.1, 0.15) is 5.75 Å². The first kappa shape index (κ1) is 23.0. The smallest absolute Gasteiger partial charge is 0.419 e. The number of ether oxygens (including phenoxy) is 1. The van der Waals surface area contributed by atoms with Crippen molar-refractivity contribution in [2.75, 3.05) is 11.9 Å². The molecule has 0 spiro atoms. The number of nitrogens with one attached hydrogen (secondary N) is 1. The molecule has 11 heteroatoms. The molecule has 0 atom stereocenters. The number of pyridine rings is 1. The molecule has 0 aliphatic heterocycles. The van der Waals surface area contributed by atoms with Crippen LogP contribution in [-0.2, 0) is 11.0 Å². The number of hydrogen-bond donors (Lipinski definition) is 1. The average Bonchev–Trinajstić information content (AvgIpc) is 3.31. The fraction of sp³-hybridized carbons (Fsp3) is 0.0800.